The molecule has 1 aromatic rings. The van der Waals surface area contributed by atoms with Crippen LogP contribution >= 0.6 is 0 Å². The minimum Gasteiger partial charge on any atom is -0.481 e. The molecule has 1 N–H and O–H groups in total. The van der Waals surface area contributed by atoms with Gasteiger partial charge in [-0.1, -0.05) is 32.1 Å². The van der Waals surface area contributed by atoms with Crippen LogP contribution in [0, 0.1) is 5.41 Å². The van der Waals surface area contributed by atoms with E-state index in [1.165, 1.54) is 19.3 Å². The van der Waals surface area contributed by atoms with E-state index in [0.717, 1.165) is 44.1 Å². The molecule has 2 rings (SSSR count). The van der Waals surface area contributed by atoms with E-state index in [0.29, 0.717) is 0 Å². The first-order chi connectivity index (χ1) is 9.12. The number of hydrogen-bond donors (Lipinski definition) is 1. The second kappa shape index (κ2) is 6.22. The summed E-state index contributed by atoms with van der Waals surface area (Å²) < 4.78 is 1.78. The number of carbonyl (C=O) groups is 1. The number of carboxylic acids is 1. The Morgan fingerprint density at radius 3 is 2.47 bits per heavy atom. The number of nitrogens with zero attached hydrogens (tertiary/aromatic N) is 2. The van der Waals surface area contributed by atoms with Gasteiger partial charge in [-0.2, -0.15) is 5.10 Å². The molecule has 1 heterocycles. The van der Waals surface area contributed by atoms with Gasteiger partial charge in [-0.25, -0.2) is 0 Å². The van der Waals surface area contributed by atoms with E-state index in [2.05, 4.69) is 5.10 Å². The first kappa shape index (κ1) is 14.1. The smallest absolute Gasteiger partial charge is 0.309 e. The molecule has 0 bridgehead atoms. The molecule has 0 amide bonds. The van der Waals surface area contributed by atoms with Crippen LogP contribution in [0.3, 0.4) is 0 Å². The van der Waals surface area contributed by atoms with Gasteiger partial charge in [0.25, 0.3) is 0 Å². The minimum atomic E-state index is -0.599. The molecule has 1 aliphatic rings. The highest BCUT2D eigenvalue weighted by Gasteiger charge is 2.37. The van der Waals surface area contributed by atoms with Crippen LogP contribution in [-0.4, -0.2) is 20.9 Å². The maximum absolute atomic E-state index is 11.7. The van der Waals surface area contributed by atoms with Crippen molar-refractivity contribution in [1.82, 2.24) is 9.78 Å². The van der Waals surface area contributed by atoms with Crippen LogP contribution in [0.4, 0.5) is 0 Å². The molecule has 0 saturated heterocycles. The molecule has 0 radical (unpaired) electrons. The molecular formula is C15H24N2O2. The van der Waals surface area contributed by atoms with E-state index >= 15 is 0 Å². The average Bonchev–Trinajstić information content (AvgIpc) is 2.74. The van der Waals surface area contributed by atoms with Crippen LogP contribution in [0.5, 0.6) is 0 Å². The molecule has 0 atom stereocenters. The van der Waals surface area contributed by atoms with Crippen molar-refractivity contribution in [3.8, 4) is 0 Å². The fourth-order valence-corrected chi connectivity index (χ4v) is 3.14. The minimum absolute atomic E-state index is 0.504. The second-order valence-corrected chi connectivity index (χ2v) is 5.88. The van der Waals surface area contributed by atoms with E-state index in [4.69, 9.17) is 0 Å². The number of aromatic nitrogens is 2. The summed E-state index contributed by atoms with van der Waals surface area (Å²) in [5.74, 6) is -0.599. The summed E-state index contributed by atoms with van der Waals surface area (Å²) >= 11 is 0. The normalized spacial score (nSPS) is 19.6. The van der Waals surface area contributed by atoms with Crippen LogP contribution in [0.2, 0.25) is 0 Å². The Balaban J connectivity index is 2.03. The standard InChI is InChI=1S/C15H24N2O2/c1-17-12-13(11-16-17)7-10-15(14(18)19)8-5-3-2-4-6-9-15/h11-12H,2-10H2,1H3,(H,18,19). The lowest BCUT2D eigenvalue weighted by molar-refractivity contribution is -0.150. The lowest BCUT2D eigenvalue weighted by Gasteiger charge is -2.31. The third-order valence-electron chi connectivity index (χ3n) is 4.41. The van der Waals surface area contributed by atoms with Crippen molar-refractivity contribution >= 4 is 5.97 Å². The highest BCUT2D eigenvalue weighted by Crippen LogP contribution is 2.38. The molecule has 0 unspecified atom stereocenters. The van der Waals surface area contributed by atoms with Gasteiger partial charge in [-0.05, 0) is 31.2 Å². The maximum Gasteiger partial charge on any atom is 0.309 e. The Bertz CT molecular complexity index is 418. The third-order valence-corrected chi connectivity index (χ3v) is 4.41. The van der Waals surface area contributed by atoms with E-state index in [1.54, 1.807) is 4.68 Å². The highest BCUT2D eigenvalue weighted by atomic mass is 16.4. The van der Waals surface area contributed by atoms with Crippen molar-refractivity contribution in [2.75, 3.05) is 0 Å². The number of hydrogen-bond acceptors (Lipinski definition) is 2. The molecule has 4 nitrogen and oxygen atoms in total. The van der Waals surface area contributed by atoms with Gasteiger partial charge in [0.2, 0.25) is 0 Å². The Kier molecular flexibility index (Phi) is 4.61. The largest absolute Gasteiger partial charge is 0.481 e. The summed E-state index contributed by atoms with van der Waals surface area (Å²) in [4.78, 5) is 11.7. The number of rotatable bonds is 4. The van der Waals surface area contributed by atoms with Crippen molar-refractivity contribution < 1.29 is 9.90 Å². The van der Waals surface area contributed by atoms with Crippen LogP contribution in [0.15, 0.2) is 12.4 Å². The molecule has 0 aliphatic heterocycles. The zero-order chi connectivity index (χ0) is 13.7. The SMILES string of the molecule is Cn1cc(CCC2(C(=O)O)CCCCCCC2)cn1. The summed E-state index contributed by atoms with van der Waals surface area (Å²) in [5, 5.41) is 13.8. The highest BCUT2D eigenvalue weighted by molar-refractivity contribution is 5.74. The summed E-state index contributed by atoms with van der Waals surface area (Å²) in [7, 11) is 1.90. The quantitative estimate of drug-likeness (QED) is 0.908. The summed E-state index contributed by atoms with van der Waals surface area (Å²) in [6.45, 7) is 0. The monoisotopic (exact) mass is 264 g/mol. The topological polar surface area (TPSA) is 55.1 Å². The van der Waals surface area contributed by atoms with Gasteiger partial charge in [0.1, 0.15) is 0 Å². The van der Waals surface area contributed by atoms with Gasteiger partial charge >= 0.3 is 5.97 Å². The predicted molar refractivity (Wildman–Crippen MR) is 73.9 cm³/mol. The molecule has 106 valence electrons. The van der Waals surface area contributed by atoms with Gasteiger partial charge in [0.15, 0.2) is 0 Å². The number of aliphatic carboxylic acids is 1. The van der Waals surface area contributed by atoms with Gasteiger partial charge in [0.05, 0.1) is 11.6 Å². The van der Waals surface area contributed by atoms with Crippen LogP contribution in [0.25, 0.3) is 0 Å². The average molecular weight is 264 g/mol. The molecule has 19 heavy (non-hydrogen) atoms. The maximum atomic E-state index is 11.7. The summed E-state index contributed by atoms with van der Waals surface area (Å²) in [5.41, 5.74) is 0.640. The summed E-state index contributed by atoms with van der Waals surface area (Å²) in [6.07, 6.45) is 12.8. The number of aryl methyl sites for hydroxylation is 2. The van der Waals surface area contributed by atoms with Crippen molar-refractivity contribution in [2.24, 2.45) is 12.5 Å². The van der Waals surface area contributed by atoms with Crippen LogP contribution in [-0.2, 0) is 18.3 Å². The lowest BCUT2D eigenvalue weighted by Crippen LogP contribution is -2.32. The van der Waals surface area contributed by atoms with Gasteiger partial charge in [0, 0.05) is 13.2 Å². The Morgan fingerprint density at radius 2 is 1.95 bits per heavy atom. The van der Waals surface area contributed by atoms with Crippen molar-refractivity contribution in [3.05, 3.63) is 18.0 Å². The summed E-state index contributed by atoms with van der Waals surface area (Å²) in [6, 6.07) is 0. The lowest BCUT2D eigenvalue weighted by atomic mass is 9.73. The fourth-order valence-electron chi connectivity index (χ4n) is 3.14. The third kappa shape index (κ3) is 3.58. The van der Waals surface area contributed by atoms with E-state index < -0.39 is 11.4 Å². The molecule has 1 saturated carbocycles. The Morgan fingerprint density at radius 1 is 1.32 bits per heavy atom. The zero-order valence-electron chi connectivity index (χ0n) is 11.8. The van der Waals surface area contributed by atoms with Crippen molar-refractivity contribution in [3.63, 3.8) is 0 Å². The first-order valence-electron chi connectivity index (χ1n) is 7.33. The Labute approximate surface area is 114 Å². The van der Waals surface area contributed by atoms with Crippen LogP contribution < -0.4 is 0 Å². The molecule has 0 aromatic carbocycles. The van der Waals surface area contributed by atoms with E-state index in [9.17, 15) is 9.90 Å². The van der Waals surface area contributed by atoms with Gasteiger partial charge in [-0.15, -0.1) is 0 Å². The predicted octanol–water partition coefficient (Wildman–Crippen LogP) is 3.17. The molecule has 0 spiro atoms. The van der Waals surface area contributed by atoms with Crippen molar-refractivity contribution in [1.29, 1.82) is 0 Å². The van der Waals surface area contributed by atoms with Crippen molar-refractivity contribution in [2.45, 2.75) is 57.8 Å². The Hall–Kier alpha value is -1.32. The number of carboxylic acid groups (broad SMARTS) is 1. The van der Waals surface area contributed by atoms with E-state index in [1.807, 2.05) is 19.4 Å². The zero-order valence-corrected chi connectivity index (χ0v) is 11.8. The molecule has 1 fully saturated rings. The molecule has 1 aromatic heterocycles. The van der Waals surface area contributed by atoms with Gasteiger partial charge < -0.3 is 5.11 Å². The van der Waals surface area contributed by atoms with Gasteiger partial charge in [-0.3, -0.25) is 9.48 Å². The second-order valence-electron chi connectivity index (χ2n) is 5.88. The fraction of sp³-hybridized carbons (Fsp3) is 0.733. The molecular weight excluding hydrogens is 240 g/mol. The van der Waals surface area contributed by atoms with Crippen LogP contribution in [0.1, 0.15) is 56.9 Å². The first-order valence-corrected chi connectivity index (χ1v) is 7.33. The van der Waals surface area contributed by atoms with E-state index in [-0.39, 0.29) is 0 Å². The molecule has 1 aliphatic carbocycles. The molecule has 4 heteroatoms.